The molecule has 3 nitrogen and oxygen atoms in total. The zero-order chi connectivity index (χ0) is 15.7. The van der Waals surface area contributed by atoms with Crippen molar-refractivity contribution in [1.29, 1.82) is 0 Å². The number of aromatic nitrogens is 2. The zero-order valence-electron chi connectivity index (χ0n) is 11.2. The van der Waals surface area contributed by atoms with Crippen LogP contribution in [0.4, 0.5) is 13.2 Å². The topological polar surface area (TPSA) is 38.9 Å². The van der Waals surface area contributed by atoms with E-state index in [1.165, 1.54) is 12.1 Å². The largest absolute Gasteiger partial charge is 0.418 e. The van der Waals surface area contributed by atoms with Gasteiger partial charge >= 0.3 is 6.18 Å². The van der Waals surface area contributed by atoms with Gasteiger partial charge in [-0.25, -0.2) is 9.97 Å². The molecule has 0 spiro atoms. The van der Waals surface area contributed by atoms with Crippen molar-refractivity contribution in [2.24, 2.45) is 0 Å². The highest BCUT2D eigenvalue weighted by atomic mass is 79.9. The van der Waals surface area contributed by atoms with Crippen molar-refractivity contribution in [1.82, 2.24) is 9.97 Å². The molecular formula is C15H10BrF3N2O. The van der Waals surface area contributed by atoms with Crippen LogP contribution in [0.25, 0.3) is 22.7 Å². The molecule has 0 aliphatic heterocycles. The fourth-order valence-electron chi connectivity index (χ4n) is 2.11. The molecule has 0 saturated heterocycles. The summed E-state index contributed by atoms with van der Waals surface area (Å²) in [6.07, 6.45) is -1.97. The number of alkyl halides is 4. The van der Waals surface area contributed by atoms with E-state index in [1.54, 1.807) is 6.20 Å². The molecule has 2 aromatic heterocycles. The SMILES string of the molecule is FC(F)(F)c1ccc(-c2nc3c(CCBr)ccnc3o2)cc1. The number of halogens is 4. The van der Waals surface area contributed by atoms with Crippen LogP contribution in [0.2, 0.25) is 0 Å². The van der Waals surface area contributed by atoms with Crippen LogP contribution in [0.3, 0.4) is 0 Å². The van der Waals surface area contributed by atoms with Crippen molar-refractivity contribution >= 4 is 27.2 Å². The van der Waals surface area contributed by atoms with Gasteiger partial charge < -0.3 is 4.42 Å². The van der Waals surface area contributed by atoms with E-state index in [-0.39, 0.29) is 5.89 Å². The van der Waals surface area contributed by atoms with E-state index in [2.05, 4.69) is 25.9 Å². The predicted molar refractivity (Wildman–Crippen MR) is 79.7 cm³/mol. The molecule has 2 heterocycles. The Labute approximate surface area is 132 Å². The Balaban J connectivity index is 2.01. The highest BCUT2D eigenvalue weighted by Crippen LogP contribution is 2.31. The summed E-state index contributed by atoms with van der Waals surface area (Å²) in [5.74, 6) is 0.262. The van der Waals surface area contributed by atoms with Gasteiger partial charge in [-0.2, -0.15) is 13.2 Å². The van der Waals surface area contributed by atoms with Crippen molar-refractivity contribution in [3.63, 3.8) is 0 Å². The lowest BCUT2D eigenvalue weighted by Gasteiger charge is -2.05. The highest BCUT2D eigenvalue weighted by Gasteiger charge is 2.30. The minimum Gasteiger partial charge on any atom is -0.418 e. The molecule has 114 valence electrons. The average molecular weight is 371 g/mol. The summed E-state index contributed by atoms with van der Waals surface area (Å²) in [5, 5.41) is 0.772. The number of aryl methyl sites for hydroxylation is 1. The minimum absolute atomic E-state index is 0.262. The molecule has 0 saturated carbocycles. The van der Waals surface area contributed by atoms with Gasteiger partial charge in [-0.05, 0) is 42.3 Å². The first-order chi connectivity index (χ1) is 10.5. The van der Waals surface area contributed by atoms with Gasteiger partial charge in [-0.1, -0.05) is 15.9 Å². The lowest BCUT2D eigenvalue weighted by Crippen LogP contribution is -2.03. The van der Waals surface area contributed by atoms with Crippen LogP contribution in [-0.2, 0) is 12.6 Å². The normalized spacial score (nSPS) is 12.0. The molecule has 0 aliphatic carbocycles. The third-order valence-electron chi connectivity index (χ3n) is 3.20. The quantitative estimate of drug-likeness (QED) is 0.618. The van der Waals surface area contributed by atoms with E-state index >= 15 is 0 Å². The maximum atomic E-state index is 12.6. The van der Waals surface area contributed by atoms with E-state index in [4.69, 9.17) is 4.42 Å². The van der Waals surface area contributed by atoms with Crippen LogP contribution in [0.15, 0.2) is 40.9 Å². The van der Waals surface area contributed by atoms with Gasteiger partial charge in [0, 0.05) is 17.1 Å². The fourth-order valence-corrected chi connectivity index (χ4v) is 2.54. The Morgan fingerprint density at radius 2 is 1.82 bits per heavy atom. The molecular weight excluding hydrogens is 361 g/mol. The summed E-state index contributed by atoms with van der Waals surface area (Å²) in [7, 11) is 0. The van der Waals surface area contributed by atoms with Gasteiger partial charge in [-0.15, -0.1) is 0 Å². The number of oxazole rings is 1. The third kappa shape index (κ3) is 2.85. The van der Waals surface area contributed by atoms with Crippen LogP contribution in [-0.4, -0.2) is 15.3 Å². The second-order valence-electron chi connectivity index (χ2n) is 4.66. The van der Waals surface area contributed by atoms with Crippen molar-refractivity contribution in [2.45, 2.75) is 12.6 Å². The Kier molecular flexibility index (Phi) is 3.90. The van der Waals surface area contributed by atoms with Gasteiger partial charge in [0.25, 0.3) is 0 Å². The van der Waals surface area contributed by atoms with Crippen molar-refractivity contribution in [3.05, 3.63) is 47.7 Å². The van der Waals surface area contributed by atoms with Crippen molar-refractivity contribution in [3.8, 4) is 11.5 Å². The van der Waals surface area contributed by atoms with Gasteiger partial charge in [-0.3, -0.25) is 0 Å². The second kappa shape index (κ2) is 5.72. The fraction of sp³-hybridized carbons (Fsp3) is 0.200. The van der Waals surface area contributed by atoms with Crippen LogP contribution >= 0.6 is 15.9 Å². The first-order valence-electron chi connectivity index (χ1n) is 6.47. The summed E-state index contributed by atoms with van der Waals surface area (Å²) < 4.78 is 43.3. The molecule has 0 bridgehead atoms. The molecule has 0 fully saturated rings. The molecule has 1 aromatic carbocycles. The summed E-state index contributed by atoms with van der Waals surface area (Å²) in [6.45, 7) is 0. The van der Waals surface area contributed by atoms with E-state index < -0.39 is 11.7 Å². The number of hydrogen-bond acceptors (Lipinski definition) is 3. The maximum absolute atomic E-state index is 12.6. The van der Waals surface area contributed by atoms with Crippen LogP contribution < -0.4 is 0 Å². The number of fused-ring (bicyclic) bond motifs is 1. The smallest absolute Gasteiger partial charge is 0.416 e. The maximum Gasteiger partial charge on any atom is 0.416 e. The summed E-state index contributed by atoms with van der Waals surface area (Å²) in [6, 6.07) is 6.56. The Morgan fingerprint density at radius 1 is 1.09 bits per heavy atom. The van der Waals surface area contributed by atoms with Crippen LogP contribution in [0.1, 0.15) is 11.1 Å². The third-order valence-corrected chi connectivity index (χ3v) is 3.60. The number of benzene rings is 1. The predicted octanol–water partition coefficient (Wildman–Crippen LogP) is 4.85. The second-order valence-corrected chi connectivity index (χ2v) is 5.45. The first kappa shape index (κ1) is 15.0. The molecule has 0 atom stereocenters. The number of rotatable bonds is 3. The molecule has 22 heavy (non-hydrogen) atoms. The molecule has 7 heteroatoms. The monoisotopic (exact) mass is 370 g/mol. The van der Waals surface area contributed by atoms with Gasteiger partial charge in [0.1, 0.15) is 5.52 Å². The molecule has 3 aromatic rings. The molecule has 0 aliphatic rings. The standard InChI is InChI=1S/C15H10BrF3N2O/c16-7-5-9-6-8-20-14-12(9)21-13(22-14)10-1-3-11(4-2-10)15(17,18)19/h1-4,6,8H,5,7H2. The van der Waals surface area contributed by atoms with E-state index in [0.717, 1.165) is 29.4 Å². The lowest BCUT2D eigenvalue weighted by molar-refractivity contribution is -0.137. The molecule has 3 rings (SSSR count). The molecule has 0 radical (unpaired) electrons. The summed E-state index contributed by atoms with van der Waals surface area (Å²) >= 11 is 3.36. The van der Waals surface area contributed by atoms with Gasteiger partial charge in [0.15, 0.2) is 0 Å². The summed E-state index contributed by atoms with van der Waals surface area (Å²) in [4.78, 5) is 8.46. The summed E-state index contributed by atoms with van der Waals surface area (Å²) in [5.41, 5.74) is 1.77. The van der Waals surface area contributed by atoms with Crippen LogP contribution in [0, 0.1) is 0 Å². The van der Waals surface area contributed by atoms with Crippen molar-refractivity contribution in [2.75, 3.05) is 5.33 Å². The van der Waals surface area contributed by atoms with Crippen molar-refractivity contribution < 1.29 is 17.6 Å². The minimum atomic E-state index is -4.36. The Morgan fingerprint density at radius 3 is 2.45 bits per heavy atom. The lowest BCUT2D eigenvalue weighted by atomic mass is 10.1. The highest BCUT2D eigenvalue weighted by molar-refractivity contribution is 9.09. The van der Waals surface area contributed by atoms with E-state index in [1.807, 2.05) is 6.07 Å². The average Bonchev–Trinajstić information content (AvgIpc) is 2.92. The Bertz CT molecular complexity index is 797. The Hall–Kier alpha value is -1.89. The van der Waals surface area contributed by atoms with Gasteiger partial charge in [0.05, 0.1) is 5.56 Å². The molecule has 0 N–H and O–H groups in total. The zero-order valence-corrected chi connectivity index (χ0v) is 12.8. The first-order valence-corrected chi connectivity index (χ1v) is 7.59. The molecule has 0 unspecified atom stereocenters. The van der Waals surface area contributed by atoms with Gasteiger partial charge in [0.2, 0.25) is 11.6 Å². The number of nitrogens with zero attached hydrogens (tertiary/aromatic N) is 2. The molecule has 0 amide bonds. The van der Waals surface area contributed by atoms with E-state index in [0.29, 0.717) is 16.8 Å². The van der Waals surface area contributed by atoms with Crippen LogP contribution in [0.5, 0.6) is 0 Å². The van der Waals surface area contributed by atoms with E-state index in [9.17, 15) is 13.2 Å². The number of pyridine rings is 1. The number of hydrogen-bond donors (Lipinski definition) is 0.